The summed E-state index contributed by atoms with van der Waals surface area (Å²) in [5.74, 6) is -0.278. The lowest BCUT2D eigenvalue weighted by Gasteiger charge is -2.09. The molecule has 0 radical (unpaired) electrons. The molecule has 0 aliphatic rings. The fourth-order valence-electron chi connectivity index (χ4n) is 2.71. The molecule has 0 amide bonds. The van der Waals surface area contributed by atoms with Gasteiger partial charge in [-0.1, -0.05) is 29.3 Å². The maximum atomic E-state index is 12.3. The summed E-state index contributed by atoms with van der Waals surface area (Å²) < 4.78 is 35.0. The smallest absolute Gasteiger partial charge is 0.307 e. The zero-order valence-electron chi connectivity index (χ0n) is 16.0. The summed E-state index contributed by atoms with van der Waals surface area (Å²) in [5.41, 5.74) is 2.16. The molecule has 3 aromatic rings. The van der Waals surface area contributed by atoms with Crippen LogP contribution in [0.5, 0.6) is 5.75 Å². The predicted octanol–water partition coefficient (Wildman–Crippen LogP) is 4.11. The van der Waals surface area contributed by atoms with Gasteiger partial charge in [-0.05, 0) is 37.3 Å². The molecule has 0 unspecified atom stereocenters. The van der Waals surface area contributed by atoms with Gasteiger partial charge in [-0.3, -0.25) is 4.79 Å². The number of nitrogens with zero attached hydrogens (tertiary/aromatic N) is 1. The maximum Gasteiger partial charge on any atom is 0.307 e. The van der Waals surface area contributed by atoms with Crippen molar-refractivity contribution in [3.63, 3.8) is 0 Å². The van der Waals surface area contributed by atoms with Crippen molar-refractivity contribution in [1.82, 2.24) is 4.98 Å². The standard InChI is InChI=1S/C21H20ClNO5S/c1-14-3-7-18(8-4-14)29(25,26)10-9-20(24)28-13-16-11-15-5-6-17(27-2)12-19(15)23-21(16)22/h3-8,11-12H,9-10,13H2,1-2H3. The minimum atomic E-state index is -3.55. The number of fused-ring (bicyclic) bond motifs is 1. The zero-order chi connectivity index (χ0) is 21.0. The highest BCUT2D eigenvalue weighted by Crippen LogP contribution is 2.25. The Morgan fingerprint density at radius 3 is 2.52 bits per heavy atom. The summed E-state index contributed by atoms with van der Waals surface area (Å²) >= 11 is 6.19. The molecule has 0 fully saturated rings. The van der Waals surface area contributed by atoms with Crippen molar-refractivity contribution in [1.29, 1.82) is 0 Å². The zero-order valence-corrected chi connectivity index (χ0v) is 17.6. The number of methoxy groups -OCH3 is 1. The minimum absolute atomic E-state index is 0.0861. The van der Waals surface area contributed by atoms with Gasteiger partial charge >= 0.3 is 5.97 Å². The Bertz CT molecular complexity index is 1140. The molecule has 0 spiro atoms. The number of benzene rings is 2. The molecule has 0 saturated heterocycles. The number of sulfone groups is 1. The number of carbonyl (C=O) groups is 1. The molecule has 152 valence electrons. The monoisotopic (exact) mass is 433 g/mol. The van der Waals surface area contributed by atoms with E-state index in [4.69, 9.17) is 21.1 Å². The second-order valence-electron chi connectivity index (χ2n) is 6.54. The van der Waals surface area contributed by atoms with Gasteiger partial charge in [-0.25, -0.2) is 13.4 Å². The minimum Gasteiger partial charge on any atom is -0.497 e. The lowest BCUT2D eigenvalue weighted by molar-refractivity contribution is -0.144. The first kappa shape index (κ1) is 21.1. The summed E-state index contributed by atoms with van der Waals surface area (Å²) in [4.78, 5) is 16.5. The molecule has 0 aliphatic heterocycles. The van der Waals surface area contributed by atoms with E-state index < -0.39 is 15.8 Å². The lowest BCUT2D eigenvalue weighted by Crippen LogP contribution is -2.13. The molecular formula is C21H20ClNO5S. The number of aromatic nitrogens is 1. The van der Waals surface area contributed by atoms with Crippen LogP contribution in [0, 0.1) is 6.92 Å². The lowest BCUT2D eigenvalue weighted by atomic mass is 10.1. The van der Waals surface area contributed by atoms with Crippen LogP contribution in [0.3, 0.4) is 0 Å². The summed E-state index contributed by atoms with van der Waals surface area (Å²) in [6.45, 7) is 1.79. The summed E-state index contributed by atoms with van der Waals surface area (Å²) in [6.07, 6.45) is -0.244. The second-order valence-corrected chi connectivity index (χ2v) is 9.01. The van der Waals surface area contributed by atoms with Crippen molar-refractivity contribution < 1.29 is 22.7 Å². The first-order valence-electron chi connectivity index (χ1n) is 8.87. The summed E-state index contributed by atoms with van der Waals surface area (Å²) in [5, 5.41) is 1.04. The van der Waals surface area contributed by atoms with Crippen molar-refractivity contribution >= 4 is 38.3 Å². The van der Waals surface area contributed by atoms with Gasteiger partial charge in [0.1, 0.15) is 17.5 Å². The van der Waals surface area contributed by atoms with Crippen molar-refractivity contribution in [3.05, 3.63) is 64.8 Å². The number of aryl methyl sites for hydroxylation is 1. The Balaban J connectivity index is 1.61. The van der Waals surface area contributed by atoms with Crippen LogP contribution >= 0.6 is 11.6 Å². The van der Waals surface area contributed by atoms with Crippen molar-refractivity contribution in [3.8, 4) is 5.75 Å². The molecule has 29 heavy (non-hydrogen) atoms. The van der Waals surface area contributed by atoms with Gasteiger partial charge in [0.05, 0.1) is 29.7 Å². The average Bonchev–Trinajstić information content (AvgIpc) is 2.70. The largest absolute Gasteiger partial charge is 0.497 e. The van der Waals surface area contributed by atoms with E-state index >= 15 is 0 Å². The highest BCUT2D eigenvalue weighted by atomic mass is 35.5. The van der Waals surface area contributed by atoms with Crippen LogP contribution in [-0.4, -0.2) is 32.2 Å². The number of hydrogen-bond donors (Lipinski definition) is 0. The fraction of sp³-hybridized carbons (Fsp3) is 0.238. The number of esters is 1. The normalized spacial score (nSPS) is 11.4. The van der Waals surface area contributed by atoms with E-state index in [-0.39, 0.29) is 28.8 Å². The van der Waals surface area contributed by atoms with Crippen LogP contribution in [0.4, 0.5) is 0 Å². The van der Waals surface area contributed by atoms with Gasteiger partial charge in [-0.15, -0.1) is 0 Å². The van der Waals surface area contributed by atoms with Crippen LogP contribution in [0.15, 0.2) is 53.4 Å². The Kier molecular flexibility index (Phi) is 6.39. The molecule has 6 nitrogen and oxygen atoms in total. The quantitative estimate of drug-likeness (QED) is 0.412. The molecule has 8 heteroatoms. The molecule has 0 aliphatic carbocycles. The molecule has 0 bridgehead atoms. The Labute approximate surface area is 174 Å². The van der Waals surface area contributed by atoms with E-state index in [1.165, 1.54) is 12.1 Å². The third-order valence-electron chi connectivity index (χ3n) is 4.39. The van der Waals surface area contributed by atoms with E-state index in [0.717, 1.165) is 10.9 Å². The number of carbonyl (C=O) groups excluding carboxylic acids is 1. The van der Waals surface area contributed by atoms with Gasteiger partial charge < -0.3 is 9.47 Å². The van der Waals surface area contributed by atoms with Gasteiger partial charge in [-0.2, -0.15) is 0 Å². The average molecular weight is 434 g/mol. The second kappa shape index (κ2) is 8.80. The summed E-state index contributed by atoms with van der Waals surface area (Å²) in [7, 11) is -1.98. The Hall–Kier alpha value is -2.64. The van der Waals surface area contributed by atoms with Gasteiger partial charge in [0.25, 0.3) is 0 Å². The van der Waals surface area contributed by atoms with Crippen LogP contribution < -0.4 is 4.74 Å². The number of pyridine rings is 1. The van der Waals surface area contributed by atoms with E-state index in [1.54, 1.807) is 37.4 Å². The van der Waals surface area contributed by atoms with Crippen LogP contribution in [-0.2, 0) is 26.0 Å². The van der Waals surface area contributed by atoms with E-state index in [1.807, 2.05) is 13.0 Å². The number of halogens is 1. The van der Waals surface area contributed by atoms with Crippen LogP contribution in [0.1, 0.15) is 17.5 Å². The highest BCUT2D eigenvalue weighted by Gasteiger charge is 2.17. The maximum absolute atomic E-state index is 12.3. The molecule has 2 aromatic carbocycles. The molecule has 0 saturated carbocycles. The van der Waals surface area contributed by atoms with Crippen LogP contribution in [0.25, 0.3) is 10.9 Å². The first-order chi connectivity index (χ1) is 13.8. The summed E-state index contributed by atoms with van der Waals surface area (Å²) in [6, 6.07) is 13.7. The SMILES string of the molecule is COc1ccc2cc(COC(=O)CCS(=O)(=O)c3ccc(C)cc3)c(Cl)nc2c1. The number of ether oxygens (including phenoxy) is 2. The molecule has 1 aromatic heterocycles. The highest BCUT2D eigenvalue weighted by molar-refractivity contribution is 7.91. The third-order valence-corrected chi connectivity index (χ3v) is 6.45. The molecule has 1 heterocycles. The van der Waals surface area contributed by atoms with Crippen molar-refractivity contribution in [2.75, 3.05) is 12.9 Å². The molecule has 0 atom stereocenters. The number of rotatable bonds is 7. The van der Waals surface area contributed by atoms with E-state index in [0.29, 0.717) is 16.8 Å². The van der Waals surface area contributed by atoms with Crippen molar-refractivity contribution in [2.45, 2.75) is 24.8 Å². The van der Waals surface area contributed by atoms with Gasteiger partial charge in [0, 0.05) is 17.0 Å². The molecule has 0 N–H and O–H groups in total. The third kappa shape index (κ3) is 5.25. The van der Waals surface area contributed by atoms with Gasteiger partial charge in [0.15, 0.2) is 9.84 Å². The van der Waals surface area contributed by atoms with Crippen molar-refractivity contribution in [2.24, 2.45) is 0 Å². The van der Waals surface area contributed by atoms with Gasteiger partial charge in [0.2, 0.25) is 0 Å². The van der Waals surface area contributed by atoms with E-state index in [2.05, 4.69) is 4.98 Å². The Morgan fingerprint density at radius 2 is 1.83 bits per heavy atom. The Morgan fingerprint density at radius 1 is 1.10 bits per heavy atom. The van der Waals surface area contributed by atoms with E-state index in [9.17, 15) is 13.2 Å². The fourth-order valence-corrected chi connectivity index (χ4v) is 4.13. The molecule has 3 rings (SSSR count). The predicted molar refractivity (Wildman–Crippen MR) is 111 cm³/mol. The molecular weight excluding hydrogens is 414 g/mol. The number of hydrogen-bond acceptors (Lipinski definition) is 6. The first-order valence-corrected chi connectivity index (χ1v) is 10.9. The van der Waals surface area contributed by atoms with Crippen LogP contribution in [0.2, 0.25) is 5.15 Å². The topological polar surface area (TPSA) is 82.6 Å².